The van der Waals surface area contributed by atoms with E-state index in [-0.39, 0.29) is 0 Å². The molecule has 0 saturated heterocycles. The maximum absolute atomic E-state index is 5.75. The van der Waals surface area contributed by atoms with Crippen LogP contribution in [0.5, 0.6) is 5.75 Å². The smallest absolute Gasteiger partial charge is 0.119 e. The van der Waals surface area contributed by atoms with Gasteiger partial charge in [-0.25, -0.2) is 0 Å². The lowest BCUT2D eigenvalue weighted by atomic mass is 10.1. The van der Waals surface area contributed by atoms with Crippen molar-refractivity contribution in [3.63, 3.8) is 0 Å². The van der Waals surface area contributed by atoms with Crippen molar-refractivity contribution in [1.82, 2.24) is 0 Å². The van der Waals surface area contributed by atoms with Gasteiger partial charge < -0.3 is 10.1 Å². The summed E-state index contributed by atoms with van der Waals surface area (Å²) >= 11 is 0. The summed E-state index contributed by atoms with van der Waals surface area (Å²) in [5.41, 5.74) is 5.19. The maximum Gasteiger partial charge on any atom is 0.119 e. The number of aryl methyl sites for hydroxylation is 3. The molecule has 2 heteroatoms. The second kappa shape index (κ2) is 7.72. The molecule has 0 radical (unpaired) electrons. The Kier molecular flexibility index (Phi) is 5.68. The van der Waals surface area contributed by atoms with E-state index in [2.05, 4.69) is 68.6 Å². The van der Waals surface area contributed by atoms with Crippen LogP contribution in [0.3, 0.4) is 0 Å². The van der Waals surface area contributed by atoms with Gasteiger partial charge in [0, 0.05) is 12.2 Å². The predicted octanol–water partition coefficient (Wildman–Crippen LogP) is 4.75. The highest BCUT2D eigenvalue weighted by atomic mass is 16.5. The van der Waals surface area contributed by atoms with Crippen LogP contribution in [0.1, 0.15) is 30.0 Å². The minimum Gasteiger partial charge on any atom is -0.494 e. The minimum absolute atomic E-state index is 0.739. The van der Waals surface area contributed by atoms with Gasteiger partial charge >= 0.3 is 0 Å². The van der Waals surface area contributed by atoms with Crippen molar-refractivity contribution in [3.8, 4) is 5.75 Å². The largest absolute Gasteiger partial charge is 0.494 e. The number of ether oxygens (including phenoxy) is 1. The summed E-state index contributed by atoms with van der Waals surface area (Å²) in [6.07, 6.45) is 2.06. The Balaban J connectivity index is 1.68. The zero-order valence-electron chi connectivity index (χ0n) is 13.3. The zero-order chi connectivity index (χ0) is 15.1. The van der Waals surface area contributed by atoms with Gasteiger partial charge in [0.1, 0.15) is 5.75 Å². The van der Waals surface area contributed by atoms with Crippen LogP contribution in [0.4, 0.5) is 5.69 Å². The van der Waals surface area contributed by atoms with E-state index in [1.54, 1.807) is 0 Å². The highest BCUT2D eigenvalue weighted by molar-refractivity contribution is 5.47. The Bertz CT molecular complexity index is 560. The lowest BCUT2D eigenvalue weighted by Gasteiger charge is -2.10. The molecule has 0 aromatic heterocycles. The number of anilines is 1. The summed E-state index contributed by atoms with van der Waals surface area (Å²) in [4.78, 5) is 0. The molecule has 1 N–H and O–H groups in total. The van der Waals surface area contributed by atoms with E-state index in [0.29, 0.717) is 0 Å². The van der Waals surface area contributed by atoms with Crippen LogP contribution in [0.25, 0.3) is 0 Å². The highest BCUT2D eigenvalue weighted by Crippen LogP contribution is 2.15. The fourth-order valence-corrected chi connectivity index (χ4v) is 2.17. The lowest BCUT2D eigenvalue weighted by Crippen LogP contribution is -2.07. The molecule has 0 amide bonds. The first-order chi connectivity index (χ1) is 10.2. The Morgan fingerprint density at radius 2 is 1.71 bits per heavy atom. The van der Waals surface area contributed by atoms with Gasteiger partial charge in [0.2, 0.25) is 0 Å². The molecule has 0 atom stereocenters. The molecule has 0 saturated carbocycles. The molecule has 0 spiro atoms. The van der Waals surface area contributed by atoms with Crippen LogP contribution >= 0.6 is 0 Å². The van der Waals surface area contributed by atoms with Gasteiger partial charge in [-0.05, 0) is 67.6 Å². The normalized spacial score (nSPS) is 10.4. The molecule has 21 heavy (non-hydrogen) atoms. The van der Waals surface area contributed by atoms with Crippen LogP contribution in [0.15, 0.2) is 42.5 Å². The molecule has 0 unspecified atom stereocenters. The van der Waals surface area contributed by atoms with E-state index in [9.17, 15) is 0 Å². The summed E-state index contributed by atoms with van der Waals surface area (Å²) in [7, 11) is 0. The van der Waals surface area contributed by atoms with Crippen molar-refractivity contribution in [2.75, 3.05) is 18.5 Å². The molecule has 112 valence electrons. The highest BCUT2D eigenvalue weighted by Gasteiger charge is 1.97. The van der Waals surface area contributed by atoms with Crippen LogP contribution in [0, 0.1) is 13.8 Å². The number of hydrogen-bond donors (Lipinski definition) is 1. The quantitative estimate of drug-likeness (QED) is 0.741. The predicted molar refractivity (Wildman–Crippen MR) is 90.3 cm³/mol. The molecule has 0 heterocycles. The van der Waals surface area contributed by atoms with Crippen molar-refractivity contribution in [3.05, 3.63) is 59.2 Å². The third-order valence-corrected chi connectivity index (χ3v) is 3.76. The number of hydrogen-bond acceptors (Lipinski definition) is 2. The van der Waals surface area contributed by atoms with Gasteiger partial charge in [-0.2, -0.15) is 0 Å². The standard InChI is InChI=1S/C19H25NO/c1-4-17-7-10-19(11-8-17)21-13-5-12-20-18-9-6-15(2)16(3)14-18/h6-11,14,20H,4-5,12-13H2,1-3H3. The SMILES string of the molecule is CCc1ccc(OCCCNc2ccc(C)c(C)c2)cc1. The Hall–Kier alpha value is -1.96. The van der Waals surface area contributed by atoms with Gasteiger partial charge in [0.25, 0.3) is 0 Å². The van der Waals surface area contributed by atoms with Gasteiger partial charge in [-0.15, -0.1) is 0 Å². The first kappa shape index (κ1) is 15.4. The summed E-state index contributed by atoms with van der Waals surface area (Å²) < 4.78 is 5.75. The Morgan fingerprint density at radius 3 is 2.38 bits per heavy atom. The van der Waals surface area contributed by atoms with Crippen LogP contribution < -0.4 is 10.1 Å². The first-order valence-electron chi connectivity index (χ1n) is 7.72. The summed E-state index contributed by atoms with van der Waals surface area (Å²) in [5, 5.41) is 3.44. The molecule has 2 nitrogen and oxygen atoms in total. The Morgan fingerprint density at radius 1 is 0.952 bits per heavy atom. The average molecular weight is 283 g/mol. The first-order valence-corrected chi connectivity index (χ1v) is 7.72. The van der Waals surface area contributed by atoms with Gasteiger partial charge in [0.15, 0.2) is 0 Å². The van der Waals surface area contributed by atoms with Crippen molar-refractivity contribution in [2.24, 2.45) is 0 Å². The monoisotopic (exact) mass is 283 g/mol. The molecular formula is C19H25NO. The van der Waals surface area contributed by atoms with Crippen molar-refractivity contribution >= 4 is 5.69 Å². The second-order valence-corrected chi connectivity index (χ2v) is 5.43. The van der Waals surface area contributed by atoms with Gasteiger partial charge in [0.05, 0.1) is 6.61 Å². The van der Waals surface area contributed by atoms with E-state index < -0.39 is 0 Å². The summed E-state index contributed by atoms with van der Waals surface area (Å²) in [6, 6.07) is 14.8. The molecule has 2 rings (SSSR count). The summed E-state index contributed by atoms with van der Waals surface area (Å²) in [6.45, 7) is 8.10. The lowest BCUT2D eigenvalue weighted by molar-refractivity contribution is 0.315. The number of benzene rings is 2. The summed E-state index contributed by atoms with van der Waals surface area (Å²) in [5.74, 6) is 0.957. The molecular weight excluding hydrogens is 258 g/mol. The number of rotatable bonds is 7. The zero-order valence-corrected chi connectivity index (χ0v) is 13.3. The van der Waals surface area contributed by atoms with Gasteiger partial charge in [-0.3, -0.25) is 0 Å². The molecule has 0 aliphatic rings. The van der Waals surface area contributed by atoms with E-state index in [1.165, 1.54) is 22.4 Å². The fourth-order valence-electron chi connectivity index (χ4n) is 2.17. The van der Waals surface area contributed by atoms with E-state index in [0.717, 1.165) is 31.7 Å². The van der Waals surface area contributed by atoms with E-state index >= 15 is 0 Å². The topological polar surface area (TPSA) is 21.3 Å². The molecule has 2 aromatic rings. The fraction of sp³-hybridized carbons (Fsp3) is 0.368. The van der Waals surface area contributed by atoms with Crippen LogP contribution in [-0.2, 0) is 6.42 Å². The third kappa shape index (κ3) is 4.82. The van der Waals surface area contributed by atoms with Gasteiger partial charge in [-0.1, -0.05) is 25.1 Å². The maximum atomic E-state index is 5.75. The molecule has 0 fully saturated rings. The van der Waals surface area contributed by atoms with Crippen LogP contribution in [0.2, 0.25) is 0 Å². The van der Waals surface area contributed by atoms with Crippen molar-refractivity contribution < 1.29 is 4.74 Å². The third-order valence-electron chi connectivity index (χ3n) is 3.76. The molecule has 0 aliphatic carbocycles. The van der Waals surface area contributed by atoms with E-state index in [4.69, 9.17) is 4.74 Å². The number of nitrogens with one attached hydrogen (secondary N) is 1. The van der Waals surface area contributed by atoms with E-state index in [1.807, 2.05) is 0 Å². The Labute approximate surface area is 128 Å². The minimum atomic E-state index is 0.739. The van der Waals surface area contributed by atoms with Crippen LogP contribution in [-0.4, -0.2) is 13.2 Å². The molecule has 2 aromatic carbocycles. The van der Waals surface area contributed by atoms with Crippen molar-refractivity contribution in [1.29, 1.82) is 0 Å². The molecule has 0 aliphatic heterocycles. The van der Waals surface area contributed by atoms with Crippen molar-refractivity contribution in [2.45, 2.75) is 33.6 Å². The second-order valence-electron chi connectivity index (χ2n) is 5.43. The molecule has 0 bridgehead atoms. The average Bonchev–Trinajstić information content (AvgIpc) is 2.51.